The molecule has 5 aromatic rings. The fraction of sp³-hybridized carbons (Fsp3) is 0.120. The zero-order chi connectivity index (χ0) is 17.5. The molecule has 0 saturated carbocycles. The smallest absolute Gasteiger partial charge is 0.0722 e. The summed E-state index contributed by atoms with van der Waals surface area (Å²) in [5.74, 6) is 0. The molecule has 1 heteroatoms. The lowest BCUT2D eigenvalue weighted by Crippen LogP contribution is -1.93. The van der Waals surface area contributed by atoms with E-state index < -0.39 is 0 Å². The first-order valence-corrected chi connectivity index (χ1v) is 9.18. The molecule has 0 saturated heterocycles. The van der Waals surface area contributed by atoms with E-state index in [-0.39, 0.29) is 0 Å². The van der Waals surface area contributed by atoms with Crippen LogP contribution >= 0.6 is 0 Å². The van der Waals surface area contributed by atoms with Crippen molar-refractivity contribution in [3.63, 3.8) is 0 Å². The third-order valence-electron chi connectivity index (χ3n) is 5.25. The minimum absolute atomic E-state index is 0.660. The van der Waals surface area contributed by atoms with Gasteiger partial charge in [-0.3, -0.25) is 0 Å². The molecule has 5 aromatic carbocycles. The molecule has 0 unspecified atom stereocenters. The molecule has 126 valence electrons. The zero-order valence-electron chi connectivity index (χ0n) is 14.8. The zero-order valence-corrected chi connectivity index (χ0v) is 14.8. The first-order valence-electron chi connectivity index (χ1n) is 9.18. The van der Waals surface area contributed by atoms with Gasteiger partial charge in [0.1, 0.15) is 0 Å². The average Bonchev–Trinajstić information content (AvgIpc) is 2.69. The normalized spacial score (nSPS) is 11.7. The summed E-state index contributed by atoms with van der Waals surface area (Å²) < 4.78 is 5.68. The van der Waals surface area contributed by atoms with Crippen molar-refractivity contribution in [1.29, 1.82) is 0 Å². The lowest BCUT2D eigenvalue weighted by Gasteiger charge is -2.11. The van der Waals surface area contributed by atoms with Gasteiger partial charge in [0.25, 0.3) is 0 Å². The van der Waals surface area contributed by atoms with Crippen LogP contribution in [0.1, 0.15) is 12.5 Å². The van der Waals surface area contributed by atoms with Gasteiger partial charge in [0.15, 0.2) is 0 Å². The van der Waals surface area contributed by atoms with Crippen LogP contribution in [0.2, 0.25) is 0 Å². The lowest BCUT2D eigenvalue weighted by molar-refractivity contribution is 0.135. The molecule has 0 atom stereocenters. The van der Waals surface area contributed by atoms with E-state index in [4.69, 9.17) is 4.74 Å². The van der Waals surface area contributed by atoms with E-state index in [1.54, 1.807) is 0 Å². The fourth-order valence-corrected chi connectivity index (χ4v) is 3.93. The van der Waals surface area contributed by atoms with E-state index in [1.807, 2.05) is 6.92 Å². The second-order valence-corrected chi connectivity index (χ2v) is 6.83. The number of ether oxygens (including phenoxy) is 1. The third kappa shape index (κ3) is 2.44. The number of rotatable bonds is 3. The lowest BCUT2D eigenvalue weighted by atomic mass is 9.94. The summed E-state index contributed by atoms with van der Waals surface area (Å²) in [6.45, 7) is 3.44. The molecule has 1 nitrogen and oxygen atoms in total. The molecule has 0 spiro atoms. The Morgan fingerprint density at radius 2 is 1.19 bits per heavy atom. The van der Waals surface area contributed by atoms with Gasteiger partial charge in [-0.15, -0.1) is 0 Å². The van der Waals surface area contributed by atoms with Gasteiger partial charge < -0.3 is 4.74 Å². The highest BCUT2D eigenvalue weighted by Crippen LogP contribution is 2.33. The van der Waals surface area contributed by atoms with Crippen LogP contribution in [0.5, 0.6) is 0 Å². The highest BCUT2D eigenvalue weighted by Gasteiger charge is 2.07. The summed E-state index contributed by atoms with van der Waals surface area (Å²) in [5.41, 5.74) is 1.25. The van der Waals surface area contributed by atoms with Crippen molar-refractivity contribution in [2.75, 3.05) is 6.61 Å². The van der Waals surface area contributed by atoms with Crippen LogP contribution in [-0.2, 0) is 11.3 Å². The highest BCUT2D eigenvalue weighted by atomic mass is 16.5. The summed E-state index contributed by atoms with van der Waals surface area (Å²) in [6.07, 6.45) is 0. The molecule has 0 amide bonds. The van der Waals surface area contributed by atoms with E-state index in [0.29, 0.717) is 6.61 Å². The molecule has 0 aliphatic heterocycles. The minimum atomic E-state index is 0.660. The van der Waals surface area contributed by atoms with Gasteiger partial charge in [0.2, 0.25) is 0 Å². The molecule has 0 aliphatic rings. The van der Waals surface area contributed by atoms with Crippen molar-refractivity contribution in [3.8, 4) is 0 Å². The second-order valence-electron chi connectivity index (χ2n) is 6.83. The van der Waals surface area contributed by atoms with Crippen LogP contribution in [0.4, 0.5) is 0 Å². The Morgan fingerprint density at radius 1 is 0.577 bits per heavy atom. The SMILES string of the molecule is CCOCc1cccc2cc3ccc4cc5ccccc5cc4c3cc12. The van der Waals surface area contributed by atoms with Crippen molar-refractivity contribution >= 4 is 43.1 Å². The van der Waals surface area contributed by atoms with E-state index >= 15 is 0 Å². The molecule has 5 rings (SSSR count). The van der Waals surface area contributed by atoms with Gasteiger partial charge in [-0.05, 0) is 79.8 Å². The standard InChI is InChI=1S/C25H20O/c1-2-26-16-22-9-5-8-19-13-21-11-10-20-12-17-6-3-4-7-18(17)14-24(20)25(21)15-23(19)22/h3-15H,2,16H2,1H3. The maximum absolute atomic E-state index is 5.68. The van der Waals surface area contributed by atoms with Gasteiger partial charge in [-0.25, -0.2) is 0 Å². The summed E-state index contributed by atoms with van der Waals surface area (Å²) in [6, 6.07) is 28.8. The minimum Gasteiger partial charge on any atom is -0.377 e. The van der Waals surface area contributed by atoms with Crippen LogP contribution in [0.3, 0.4) is 0 Å². The first kappa shape index (κ1) is 15.4. The average molecular weight is 336 g/mol. The van der Waals surface area contributed by atoms with Crippen LogP contribution in [-0.4, -0.2) is 6.61 Å². The Bertz CT molecular complexity index is 1270. The van der Waals surface area contributed by atoms with E-state index in [1.165, 1.54) is 48.7 Å². The molecule has 0 fully saturated rings. The number of benzene rings is 5. The summed E-state index contributed by atoms with van der Waals surface area (Å²) in [7, 11) is 0. The van der Waals surface area contributed by atoms with Gasteiger partial charge in [0.05, 0.1) is 6.61 Å². The molecule has 0 aromatic heterocycles. The largest absolute Gasteiger partial charge is 0.377 e. The molecule has 0 N–H and O–H groups in total. The molecular formula is C25H20O. The Morgan fingerprint density at radius 3 is 1.96 bits per heavy atom. The number of hydrogen-bond acceptors (Lipinski definition) is 1. The monoisotopic (exact) mass is 336 g/mol. The van der Waals surface area contributed by atoms with Gasteiger partial charge in [0, 0.05) is 6.61 Å². The molecule has 26 heavy (non-hydrogen) atoms. The second kappa shape index (κ2) is 6.12. The van der Waals surface area contributed by atoms with Gasteiger partial charge >= 0.3 is 0 Å². The Balaban J connectivity index is 1.86. The number of hydrogen-bond donors (Lipinski definition) is 0. The summed E-state index contributed by atoms with van der Waals surface area (Å²) in [4.78, 5) is 0. The van der Waals surface area contributed by atoms with Crippen LogP contribution in [0.15, 0.2) is 78.9 Å². The van der Waals surface area contributed by atoms with E-state index in [2.05, 4.69) is 78.9 Å². The Kier molecular flexibility index (Phi) is 3.62. The van der Waals surface area contributed by atoms with Gasteiger partial charge in [-0.1, -0.05) is 54.6 Å². The Hall–Kier alpha value is -2.90. The Labute approximate surface area is 152 Å². The number of fused-ring (bicyclic) bond motifs is 5. The first-order chi connectivity index (χ1) is 12.8. The molecular weight excluding hydrogens is 316 g/mol. The molecule has 0 aliphatic carbocycles. The molecule has 0 bridgehead atoms. The predicted molar refractivity (Wildman–Crippen MR) is 112 cm³/mol. The van der Waals surface area contributed by atoms with Crippen LogP contribution in [0, 0.1) is 0 Å². The van der Waals surface area contributed by atoms with Crippen molar-refractivity contribution in [2.24, 2.45) is 0 Å². The van der Waals surface area contributed by atoms with Crippen molar-refractivity contribution in [2.45, 2.75) is 13.5 Å². The summed E-state index contributed by atoms with van der Waals surface area (Å²) in [5, 5.41) is 10.3. The van der Waals surface area contributed by atoms with E-state index in [0.717, 1.165) is 6.61 Å². The van der Waals surface area contributed by atoms with Crippen molar-refractivity contribution in [3.05, 3.63) is 84.4 Å². The van der Waals surface area contributed by atoms with Gasteiger partial charge in [-0.2, -0.15) is 0 Å². The highest BCUT2D eigenvalue weighted by molar-refractivity contribution is 6.15. The topological polar surface area (TPSA) is 9.23 Å². The summed E-state index contributed by atoms with van der Waals surface area (Å²) >= 11 is 0. The van der Waals surface area contributed by atoms with E-state index in [9.17, 15) is 0 Å². The quantitative estimate of drug-likeness (QED) is 0.259. The van der Waals surface area contributed by atoms with Crippen molar-refractivity contribution in [1.82, 2.24) is 0 Å². The molecule has 0 radical (unpaired) electrons. The van der Waals surface area contributed by atoms with Crippen LogP contribution < -0.4 is 0 Å². The maximum Gasteiger partial charge on any atom is 0.0722 e. The predicted octanol–water partition coefficient (Wildman–Crippen LogP) is 6.84. The maximum atomic E-state index is 5.68. The van der Waals surface area contributed by atoms with Crippen molar-refractivity contribution < 1.29 is 4.74 Å². The van der Waals surface area contributed by atoms with Crippen LogP contribution in [0.25, 0.3) is 43.1 Å². The molecule has 0 heterocycles. The fourth-order valence-electron chi connectivity index (χ4n) is 3.93. The third-order valence-corrected chi connectivity index (χ3v) is 5.25.